The van der Waals surface area contributed by atoms with E-state index in [4.69, 9.17) is 0 Å². The summed E-state index contributed by atoms with van der Waals surface area (Å²) in [5.41, 5.74) is 3.50. The number of rotatable bonds is 3. The molecule has 0 aliphatic heterocycles. The van der Waals surface area contributed by atoms with Gasteiger partial charge >= 0.3 is 0 Å². The molecule has 2 rings (SSSR count). The standard InChI is InChI=1S/C13H11N3O2/c17-12-5-1-4-11(7-12)13(18)16-15-9-10-3-2-6-14-8-10/h1-9,17H,(H,16,18)/b15-9-. The average molecular weight is 241 g/mol. The Bertz CT molecular complexity index is 567. The number of nitrogens with one attached hydrogen (secondary N) is 1. The van der Waals surface area contributed by atoms with Gasteiger partial charge in [-0.1, -0.05) is 12.1 Å². The summed E-state index contributed by atoms with van der Waals surface area (Å²) in [6.07, 6.45) is 4.78. The molecule has 0 spiro atoms. The SMILES string of the molecule is O=C(N/N=C\c1cccnc1)c1cccc(O)c1. The van der Waals surface area contributed by atoms with Gasteiger partial charge in [0.15, 0.2) is 0 Å². The molecule has 1 aromatic carbocycles. The predicted molar refractivity (Wildman–Crippen MR) is 67.4 cm³/mol. The number of phenols is 1. The number of pyridine rings is 1. The first-order valence-electron chi connectivity index (χ1n) is 5.28. The molecule has 5 nitrogen and oxygen atoms in total. The number of carbonyl (C=O) groups is 1. The van der Waals surface area contributed by atoms with Gasteiger partial charge in [0.25, 0.3) is 5.91 Å². The largest absolute Gasteiger partial charge is 0.508 e. The van der Waals surface area contributed by atoms with Crippen LogP contribution in [0.25, 0.3) is 0 Å². The number of phenolic OH excluding ortho intramolecular Hbond substituents is 1. The van der Waals surface area contributed by atoms with Crippen molar-refractivity contribution in [1.82, 2.24) is 10.4 Å². The van der Waals surface area contributed by atoms with Crippen LogP contribution in [0.1, 0.15) is 15.9 Å². The van der Waals surface area contributed by atoms with Crippen molar-refractivity contribution in [2.24, 2.45) is 5.10 Å². The van der Waals surface area contributed by atoms with Crippen LogP contribution in [-0.2, 0) is 0 Å². The molecule has 0 saturated heterocycles. The van der Waals surface area contributed by atoms with Crippen molar-refractivity contribution in [2.45, 2.75) is 0 Å². The lowest BCUT2D eigenvalue weighted by molar-refractivity contribution is 0.0954. The molecule has 0 atom stereocenters. The second kappa shape index (κ2) is 5.58. The molecule has 1 amide bonds. The molecule has 0 aliphatic rings. The van der Waals surface area contributed by atoms with Crippen LogP contribution in [0.15, 0.2) is 53.9 Å². The first-order chi connectivity index (χ1) is 8.75. The highest BCUT2D eigenvalue weighted by atomic mass is 16.3. The van der Waals surface area contributed by atoms with Gasteiger partial charge in [0.1, 0.15) is 5.75 Å². The molecule has 5 heteroatoms. The topological polar surface area (TPSA) is 74.6 Å². The maximum Gasteiger partial charge on any atom is 0.271 e. The number of hydrogen-bond acceptors (Lipinski definition) is 4. The maximum atomic E-state index is 11.6. The van der Waals surface area contributed by atoms with E-state index in [0.717, 1.165) is 5.56 Å². The van der Waals surface area contributed by atoms with Crippen LogP contribution >= 0.6 is 0 Å². The Kier molecular flexibility index (Phi) is 3.66. The molecular formula is C13H11N3O2. The van der Waals surface area contributed by atoms with E-state index >= 15 is 0 Å². The number of carbonyl (C=O) groups excluding carboxylic acids is 1. The van der Waals surface area contributed by atoms with E-state index in [9.17, 15) is 9.90 Å². The minimum absolute atomic E-state index is 0.0406. The van der Waals surface area contributed by atoms with Gasteiger partial charge in [0, 0.05) is 23.5 Å². The Labute approximate surface area is 104 Å². The summed E-state index contributed by atoms with van der Waals surface area (Å²) in [6.45, 7) is 0. The molecule has 0 unspecified atom stereocenters. The van der Waals surface area contributed by atoms with E-state index < -0.39 is 0 Å². The second-order valence-corrected chi connectivity index (χ2v) is 3.54. The molecule has 0 saturated carbocycles. The van der Waals surface area contributed by atoms with Crippen LogP contribution in [0, 0.1) is 0 Å². The molecule has 2 aromatic rings. The van der Waals surface area contributed by atoms with Crippen molar-refractivity contribution in [3.63, 3.8) is 0 Å². The molecule has 1 heterocycles. The first kappa shape index (κ1) is 11.8. The number of aromatic nitrogens is 1. The van der Waals surface area contributed by atoms with Crippen molar-refractivity contribution in [3.8, 4) is 5.75 Å². The zero-order valence-corrected chi connectivity index (χ0v) is 9.45. The summed E-state index contributed by atoms with van der Waals surface area (Å²) in [5, 5.41) is 13.0. The summed E-state index contributed by atoms with van der Waals surface area (Å²) in [5.74, 6) is -0.343. The summed E-state index contributed by atoms with van der Waals surface area (Å²) < 4.78 is 0. The van der Waals surface area contributed by atoms with E-state index in [1.165, 1.54) is 18.3 Å². The van der Waals surface area contributed by atoms with Crippen LogP contribution in [0.4, 0.5) is 0 Å². The molecule has 1 aromatic heterocycles. The van der Waals surface area contributed by atoms with Crippen molar-refractivity contribution in [1.29, 1.82) is 0 Å². The minimum Gasteiger partial charge on any atom is -0.508 e. The summed E-state index contributed by atoms with van der Waals surface area (Å²) in [7, 11) is 0. The van der Waals surface area contributed by atoms with E-state index in [0.29, 0.717) is 5.56 Å². The maximum absolute atomic E-state index is 11.6. The summed E-state index contributed by atoms with van der Waals surface area (Å²) in [6, 6.07) is 9.64. The molecule has 18 heavy (non-hydrogen) atoms. The van der Waals surface area contributed by atoms with Gasteiger partial charge in [0.2, 0.25) is 0 Å². The number of hydrogen-bond donors (Lipinski definition) is 2. The Balaban J connectivity index is 1.99. The number of amides is 1. The number of nitrogens with zero attached hydrogens (tertiary/aromatic N) is 2. The highest BCUT2D eigenvalue weighted by molar-refractivity contribution is 5.95. The van der Waals surface area contributed by atoms with Crippen molar-refractivity contribution >= 4 is 12.1 Å². The molecule has 0 aliphatic carbocycles. The van der Waals surface area contributed by atoms with Crippen molar-refractivity contribution in [2.75, 3.05) is 0 Å². The third kappa shape index (κ3) is 3.15. The molecule has 0 fully saturated rings. The monoisotopic (exact) mass is 241 g/mol. The zero-order chi connectivity index (χ0) is 12.8. The van der Waals surface area contributed by atoms with E-state index in [2.05, 4.69) is 15.5 Å². The summed E-state index contributed by atoms with van der Waals surface area (Å²) >= 11 is 0. The number of benzene rings is 1. The van der Waals surface area contributed by atoms with Gasteiger partial charge in [-0.05, 0) is 24.3 Å². The first-order valence-corrected chi connectivity index (χ1v) is 5.28. The third-order valence-corrected chi connectivity index (χ3v) is 2.17. The lowest BCUT2D eigenvalue weighted by Crippen LogP contribution is -2.17. The predicted octanol–water partition coefficient (Wildman–Crippen LogP) is 1.55. The Morgan fingerprint density at radius 3 is 2.94 bits per heavy atom. The van der Waals surface area contributed by atoms with Gasteiger partial charge in [-0.15, -0.1) is 0 Å². The van der Waals surface area contributed by atoms with Crippen molar-refractivity contribution in [3.05, 3.63) is 59.9 Å². The van der Waals surface area contributed by atoms with Gasteiger partial charge < -0.3 is 5.11 Å². The number of aromatic hydroxyl groups is 1. The van der Waals surface area contributed by atoms with Gasteiger partial charge in [0.05, 0.1) is 6.21 Å². The molecule has 90 valence electrons. The highest BCUT2D eigenvalue weighted by Crippen LogP contribution is 2.10. The molecule has 0 radical (unpaired) electrons. The van der Waals surface area contributed by atoms with E-state index in [1.807, 2.05) is 6.07 Å². The highest BCUT2D eigenvalue weighted by Gasteiger charge is 2.03. The fourth-order valence-corrected chi connectivity index (χ4v) is 1.33. The van der Waals surface area contributed by atoms with Gasteiger partial charge in [-0.3, -0.25) is 9.78 Å². The van der Waals surface area contributed by atoms with Crippen LogP contribution in [0.3, 0.4) is 0 Å². The molecule has 0 bridgehead atoms. The van der Waals surface area contributed by atoms with Crippen molar-refractivity contribution < 1.29 is 9.90 Å². The van der Waals surface area contributed by atoms with Crippen LogP contribution in [0.2, 0.25) is 0 Å². The Morgan fingerprint density at radius 1 is 1.33 bits per heavy atom. The number of hydrazone groups is 1. The van der Waals surface area contributed by atoms with Crippen LogP contribution in [0.5, 0.6) is 5.75 Å². The summed E-state index contributed by atoms with van der Waals surface area (Å²) in [4.78, 5) is 15.6. The molecule has 2 N–H and O–H groups in total. The second-order valence-electron chi connectivity index (χ2n) is 3.54. The Hall–Kier alpha value is -2.69. The lowest BCUT2D eigenvalue weighted by Gasteiger charge is -1.99. The normalized spacial score (nSPS) is 10.4. The molecular weight excluding hydrogens is 230 g/mol. The van der Waals surface area contributed by atoms with E-state index in [1.54, 1.807) is 30.6 Å². The third-order valence-electron chi connectivity index (χ3n) is 2.17. The zero-order valence-electron chi connectivity index (χ0n) is 9.45. The van der Waals surface area contributed by atoms with Gasteiger partial charge in [-0.25, -0.2) is 5.43 Å². The smallest absolute Gasteiger partial charge is 0.271 e. The average Bonchev–Trinajstić information content (AvgIpc) is 2.40. The Morgan fingerprint density at radius 2 is 2.22 bits per heavy atom. The van der Waals surface area contributed by atoms with E-state index in [-0.39, 0.29) is 11.7 Å². The fraction of sp³-hybridized carbons (Fsp3) is 0. The van der Waals surface area contributed by atoms with Crippen LogP contribution in [-0.4, -0.2) is 22.2 Å². The lowest BCUT2D eigenvalue weighted by atomic mass is 10.2. The quantitative estimate of drug-likeness (QED) is 0.632. The fourth-order valence-electron chi connectivity index (χ4n) is 1.33. The van der Waals surface area contributed by atoms with Gasteiger partial charge in [-0.2, -0.15) is 5.10 Å². The van der Waals surface area contributed by atoms with Crippen LogP contribution < -0.4 is 5.43 Å². The minimum atomic E-state index is -0.383.